The van der Waals surface area contributed by atoms with Crippen LogP contribution in [-0.4, -0.2) is 29.3 Å². The maximum atomic E-state index is 6.34. The molecule has 0 bridgehead atoms. The fourth-order valence-corrected chi connectivity index (χ4v) is 3.47. The minimum atomic E-state index is 0.617. The molecule has 0 unspecified atom stereocenters. The lowest BCUT2D eigenvalue weighted by Gasteiger charge is -2.12. The molecule has 0 saturated carbocycles. The quantitative estimate of drug-likeness (QED) is 0.664. The van der Waals surface area contributed by atoms with Gasteiger partial charge in [0, 0.05) is 19.5 Å². The second kappa shape index (κ2) is 7.98. The number of benzene rings is 2. The molecule has 1 N–H and O–H groups in total. The molecule has 6 heteroatoms. The average molecular weight is 372 g/mol. The van der Waals surface area contributed by atoms with E-state index in [1.54, 1.807) is 0 Å². The molecule has 26 heavy (non-hydrogen) atoms. The zero-order chi connectivity index (χ0) is 17.8. The lowest BCUT2D eigenvalue weighted by molar-refractivity contribution is 0.297. The zero-order valence-electron chi connectivity index (χ0n) is 14.6. The van der Waals surface area contributed by atoms with Crippen molar-refractivity contribution >= 4 is 22.6 Å². The normalized spacial score (nSPS) is 13.7. The summed E-state index contributed by atoms with van der Waals surface area (Å²) in [6, 6.07) is 12.2. The second-order valence-corrected chi connectivity index (χ2v) is 6.82. The van der Waals surface area contributed by atoms with E-state index in [2.05, 4.69) is 20.9 Å². The van der Waals surface area contributed by atoms with Crippen LogP contribution in [0.15, 0.2) is 42.7 Å². The molecular formula is C20H22ClN3O2. The summed E-state index contributed by atoms with van der Waals surface area (Å²) >= 11 is 6.34. The Morgan fingerprint density at radius 2 is 2.04 bits per heavy atom. The number of halogens is 1. The van der Waals surface area contributed by atoms with Gasteiger partial charge in [0.1, 0.15) is 0 Å². The Morgan fingerprint density at radius 3 is 3.00 bits per heavy atom. The van der Waals surface area contributed by atoms with Crippen LogP contribution in [0.2, 0.25) is 5.02 Å². The summed E-state index contributed by atoms with van der Waals surface area (Å²) in [5.41, 5.74) is 3.33. The summed E-state index contributed by atoms with van der Waals surface area (Å²) in [6.07, 6.45) is 3.81. The highest BCUT2D eigenvalue weighted by atomic mass is 35.5. The van der Waals surface area contributed by atoms with Gasteiger partial charge < -0.3 is 19.4 Å². The molecule has 136 valence electrons. The van der Waals surface area contributed by atoms with Crippen molar-refractivity contribution in [1.29, 1.82) is 0 Å². The number of aryl methyl sites for hydroxylation is 1. The van der Waals surface area contributed by atoms with E-state index in [1.807, 2.05) is 36.7 Å². The smallest absolute Gasteiger partial charge is 0.179 e. The minimum absolute atomic E-state index is 0.617. The summed E-state index contributed by atoms with van der Waals surface area (Å²) in [4.78, 5) is 4.43. The Bertz CT molecular complexity index is 894. The van der Waals surface area contributed by atoms with Crippen molar-refractivity contribution in [2.45, 2.75) is 25.9 Å². The Kier molecular flexibility index (Phi) is 5.27. The number of aromatic nitrogens is 2. The highest BCUT2D eigenvalue weighted by Gasteiger charge is 2.15. The number of nitrogens with one attached hydrogen (secondary N) is 1. The summed E-state index contributed by atoms with van der Waals surface area (Å²) in [5, 5.41) is 4.09. The van der Waals surface area contributed by atoms with Crippen molar-refractivity contribution in [2.24, 2.45) is 0 Å². The van der Waals surface area contributed by atoms with E-state index >= 15 is 0 Å². The van der Waals surface area contributed by atoms with Crippen LogP contribution in [0, 0.1) is 0 Å². The molecule has 5 nitrogen and oxygen atoms in total. The molecule has 4 rings (SSSR count). The van der Waals surface area contributed by atoms with Crippen LogP contribution in [0.25, 0.3) is 11.0 Å². The van der Waals surface area contributed by atoms with Crippen molar-refractivity contribution < 1.29 is 9.47 Å². The first-order chi connectivity index (χ1) is 12.8. The average Bonchev–Trinajstić information content (AvgIpc) is 2.90. The van der Waals surface area contributed by atoms with Crippen LogP contribution in [0.4, 0.5) is 0 Å². The predicted octanol–water partition coefficient (Wildman–Crippen LogP) is 4.03. The molecule has 1 aliphatic heterocycles. The third-order valence-corrected chi connectivity index (χ3v) is 4.75. The van der Waals surface area contributed by atoms with E-state index in [0.717, 1.165) is 49.3 Å². The molecule has 2 aromatic carbocycles. The molecule has 1 aliphatic rings. The van der Waals surface area contributed by atoms with Crippen LogP contribution >= 0.6 is 11.6 Å². The molecule has 1 aromatic heterocycles. The van der Waals surface area contributed by atoms with Crippen LogP contribution in [0.5, 0.6) is 11.5 Å². The minimum Gasteiger partial charge on any atom is -0.489 e. The van der Waals surface area contributed by atoms with E-state index in [-0.39, 0.29) is 0 Å². The molecule has 0 saturated heterocycles. The van der Waals surface area contributed by atoms with Gasteiger partial charge in [-0.1, -0.05) is 23.7 Å². The number of rotatable bonds is 6. The number of imidazole rings is 1. The lowest BCUT2D eigenvalue weighted by atomic mass is 10.2. The fourth-order valence-electron chi connectivity index (χ4n) is 3.18. The Hall–Kier alpha value is -2.24. The van der Waals surface area contributed by atoms with Gasteiger partial charge >= 0.3 is 0 Å². The molecule has 0 fully saturated rings. The van der Waals surface area contributed by atoms with Gasteiger partial charge in [-0.3, -0.25) is 0 Å². The van der Waals surface area contributed by atoms with Gasteiger partial charge in [-0.25, -0.2) is 4.98 Å². The Balaban J connectivity index is 1.30. The molecule has 0 atom stereocenters. The summed E-state index contributed by atoms with van der Waals surface area (Å²) in [5.74, 6) is 1.41. The van der Waals surface area contributed by atoms with Crippen molar-refractivity contribution in [1.82, 2.24) is 14.9 Å². The van der Waals surface area contributed by atoms with Gasteiger partial charge in [0.15, 0.2) is 11.5 Å². The molecule has 0 spiro atoms. The number of fused-ring (bicyclic) bond motifs is 2. The third-order valence-electron chi connectivity index (χ3n) is 4.47. The van der Waals surface area contributed by atoms with Gasteiger partial charge in [-0.2, -0.15) is 0 Å². The maximum absolute atomic E-state index is 6.34. The van der Waals surface area contributed by atoms with Gasteiger partial charge in [-0.05, 0) is 42.8 Å². The van der Waals surface area contributed by atoms with Crippen molar-refractivity contribution in [3.63, 3.8) is 0 Å². The van der Waals surface area contributed by atoms with E-state index < -0.39 is 0 Å². The van der Waals surface area contributed by atoms with Crippen LogP contribution in [-0.2, 0) is 13.1 Å². The van der Waals surface area contributed by atoms with E-state index in [4.69, 9.17) is 21.1 Å². The van der Waals surface area contributed by atoms with Gasteiger partial charge in [-0.15, -0.1) is 0 Å². The molecule has 0 aliphatic carbocycles. The number of hydrogen-bond acceptors (Lipinski definition) is 4. The van der Waals surface area contributed by atoms with Gasteiger partial charge in [0.25, 0.3) is 0 Å². The number of nitrogens with zero attached hydrogens (tertiary/aromatic N) is 2. The van der Waals surface area contributed by atoms with Crippen LogP contribution in [0.3, 0.4) is 0 Å². The van der Waals surface area contributed by atoms with E-state index in [9.17, 15) is 0 Å². The largest absolute Gasteiger partial charge is 0.489 e. The predicted molar refractivity (Wildman–Crippen MR) is 103 cm³/mol. The monoisotopic (exact) mass is 371 g/mol. The third kappa shape index (κ3) is 3.79. The highest BCUT2D eigenvalue weighted by molar-refractivity contribution is 6.32. The summed E-state index contributed by atoms with van der Waals surface area (Å²) in [6.45, 7) is 3.92. The molecule has 2 heterocycles. The standard InChI is InChI=1S/C20H22ClN3O2/c21-16-11-15(12-19-20(16)26-10-4-9-25-19)13-22-7-3-8-24-14-23-17-5-1-2-6-18(17)24/h1-2,5-6,11-12,14,22H,3-4,7-10,13H2. The van der Waals surface area contributed by atoms with Gasteiger partial charge in [0.05, 0.1) is 35.6 Å². The van der Waals surface area contributed by atoms with Crippen molar-refractivity contribution in [3.05, 3.63) is 53.3 Å². The van der Waals surface area contributed by atoms with Crippen LogP contribution in [0.1, 0.15) is 18.4 Å². The van der Waals surface area contributed by atoms with Crippen LogP contribution < -0.4 is 14.8 Å². The van der Waals surface area contributed by atoms with E-state index in [1.165, 1.54) is 5.52 Å². The molecule has 0 radical (unpaired) electrons. The summed E-state index contributed by atoms with van der Waals surface area (Å²) in [7, 11) is 0. The highest BCUT2D eigenvalue weighted by Crippen LogP contribution is 2.37. The number of para-hydroxylation sites is 2. The zero-order valence-corrected chi connectivity index (χ0v) is 15.3. The summed E-state index contributed by atoms with van der Waals surface area (Å²) < 4.78 is 13.6. The fraction of sp³-hybridized carbons (Fsp3) is 0.350. The van der Waals surface area contributed by atoms with Gasteiger partial charge in [0.2, 0.25) is 0 Å². The maximum Gasteiger partial charge on any atom is 0.179 e. The lowest BCUT2D eigenvalue weighted by Crippen LogP contribution is -2.16. The number of hydrogen-bond donors (Lipinski definition) is 1. The second-order valence-electron chi connectivity index (χ2n) is 6.41. The Labute approximate surface area is 157 Å². The molecule has 3 aromatic rings. The van der Waals surface area contributed by atoms with Crippen molar-refractivity contribution in [3.8, 4) is 11.5 Å². The first kappa shape index (κ1) is 17.2. The number of ether oxygens (including phenoxy) is 2. The first-order valence-corrected chi connectivity index (χ1v) is 9.38. The molecule has 0 amide bonds. The Morgan fingerprint density at radius 1 is 1.15 bits per heavy atom. The topological polar surface area (TPSA) is 48.3 Å². The van der Waals surface area contributed by atoms with E-state index in [0.29, 0.717) is 24.0 Å². The van der Waals surface area contributed by atoms with Crippen molar-refractivity contribution in [2.75, 3.05) is 19.8 Å². The SMILES string of the molecule is Clc1cc(CNCCCn2cnc3ccccc32)cc2c1OCCCO2. The molecular weight excluding hydrogens is 350 g/mol. The first-order valence-electron chi connectivity index (χ1n) is 9.00.